The Morgan fingerprint density at radius 1 is 1.27 bits per heavy atom. The van der Waals surface area contributed by atoms with Crippen LogP contribution in [0.2, 0.25) is 0 Å². The van der Waals surface area contributed by atoms with Gasteiger partial charge in [0.15, 0.2) is 0 Å². The fourth-order valence-electron chi connectivity index (χ4n) is 2.88. The average Bonchev–Trinajstić information content (AvgIpc) is 2.42. The van der Waals surface area contributed by atoms with E-state index >= 15 is 0 Å². The fourth-order valence-corrected chi connectivity index (χ4v) is 2.88. The topological polar surface area (TPSA) is 51.2 Å². The Morgan fingerprint density at radius 2 is 2.00 bits per heavy atom. The van der Waals surface area contributed by atoms with Gasteiger partial charge in [-0.25, -0.2) is 0 Å². The number of carbonyl (C=O) groups excluding carboxylic acids is 1. The van der Waals surface area contributed by atoms with Gasteiger partial charge in [-0.2, -0.15) is 0 Å². The molecule has 2 aliphatic rings. The number of ether oxygens (including phenoxy) is 3. The maximum absolute atomic E-state index is 11.9. The van der Waals surface area contributed by atoms with E-state index in [0.29, 0.717) is 31.3 Å². The molecule has 0 atom stereocenters. The van der Waals surface area contributed by atoms with Gasteiger partial charge < -0.3 is 24.0 Å². The number of carbonyl (C=O) groups is 1. The van der Waals surface area contributed by atoms with E-state index in [1.807, 2.05) is 7.05 Å². The molecule has 6 heteroatoms. The number of methoxy groups -OCH3 is 1. The first kappa shape index (κ1) is 17.7. The van der Waals surface area contributed by atoms with Crippen molar-refractivity contribution in [3.63, 3.8) is 0 Å². The number of rotatable bonds is 10. The van der Waals surface area contributed by atoms with Gasteiger partial charge in [0.1, 0.15) is 6.61 Å². The highest BCUT2D eigenvalue weighted by atomic mass is 16.5. The lowest BCUT2D eigenvalue weighted by molar-refractivity contribution is -0.136. The van der Waals surface area contributed by atoms with Crippen LogP contribution in [0.4, 0.5) is 0 Å². The van der Waals surface area contributed by atoms with E-state index in [4.69, 9.17) is 14.2 Å². The molecule has 2 fully saturated rings. The molecule has 1 saturated carbocycles. The summed E-state index contributed by atoms with van der Waals surface area (Å²) in [6, 6.07) is 0. The zero-order chi connectivity index (χ0) is 15.9. The Labute approximate surface area is 133 Å². The normalized spacial score (nSPS) is 25.6. The molecule has 128 valence electrons. The number of hydrogen-bond donors (Lipinski definition) is 0. The quantitative estimate of drug-likeness (QED) is 0.553. The van der Waals surface area contributed by atoms with Gasteiger partial charge in [0.2, 0.25) is 5.91 Å². The van der Waals surface area contributed by atoms with Gasteiger partial charge in [0.25, 0.3) is 0 Å². The van der Waals surface area contributed by atoms with E-state index in [1.54, 1.807) is 12.0 Å². The SMILES string of the molecule is COC1CC(OCCCN(C)C(=O)COCC2CN(C)C2)C1. The summed E-state index contributed by atoms with van der Waals surface area (Å²) in [5, 5.41) is 0. The van der Waals surface area contributed by atoms with Crippen LogP contribution < -0.4 is 0 Å². The van der Waals surface area contributed by atoms with Crippen molar-refractivity contribution in [2.45, 2.75) is 31.5 Å². The largest absolute Gasteiger partial charge is 0.381 e. The van der Waals surface area contributed by atoms with Crippen LogP contribution in [0.3, 0.4) is 0 Å². The first-order valence-corrected chi connectivity index (χ1v) is 8.23. The Hall–Kier alpha value is -0.690. The lowest BCUT2D eigenvalue weighted by atomic mass is 9.92. The van der Waals surface area contributed by atoms with Gasteiger partial charge in [-0.3, -0.25) is 4.79 Å². The monoisotopic (exact) mass is 314 g/mol. The third kappa shape index (κ3) is 5.50. The third-order valence-electron chi connectivity index (χ3n) is 4.52. The minimum atomic E-state index is 0.0516. The third-order valence-corrected chi connectivity index (χ3v) is 4.52. The molecule has 0 aromatic rings. The van der Waals surface area contributed by atoms with Crippen molar-refractivity contribution in [2.75, 3.05) is 60.7 Å². The smallest absolute Gasteiger partial charge is 0.248 e. The summed E-state index contributed by atoms with van der Waals surface area (Å²) < 4.78 is 16.4. The highest BCUT2D eigenvalue weighted by Crippen LogP contribution is 2.25. The molecular weight excluding hydrogens is 284 g/mol. The van der Waals surface area contributed by atoms with E-state index in [2.05, 4.69) is 11.9 Å². The average molecular weight is 314 g/mol. The van der Waals surface area contributed by atoms with E-state index in [-0.39, 0.29) is 12.5 Å². The maximum atomic E-state index is 11.9. The van der Waals surface area contributed by atoms with Gasteiger partial charge in [0, 0.05) is 46.3 Å². The summed E-state index contributed by atoms with van der Waals surface area (Å²) in [6.45, 7) is 4.45. The molecule has 22 heavy (non-hydrogen) atoms. The number of likely N-dealkylation sites (tertiary alicyclic amines) is 1. The van der Waals surface area contributed by atoms with E-state index in [1.165, 1.54) is 0 Å². The van der Waals surface area contributed by atoms with Crippen molar-refractivity contribution in [3.8, 4) is 0 Å². The second kappa shape index (κ2) is 8.82. The molecule has 0 aromatic heterocycles. The lowest BCUT2D eigenvalue weighted by Crippen LogP contribution is -2.46. The van der Waals surface area contributed by atoms with Crippen molar-refractivity contribution in [1.82, 2.24) is 9.80 Å². The van der Waals surface area contributed by atoms with Crippen LogP contribution >= 0.6 is 0 Å². The molecular formula is C16H30N2O4. The van der Waals surface area contributed by atoms with Crippen LogP contribution in [0, 0.1) is 5.92 Å². The second-order valence-corrected chi connectivity index (χ2v) is 6.59. The van der Waals surface area contributed by atoms with Crippen molar-refractivity contribution in [2.24, 2.45) is 5.92 Å². The summed E-state index contributed by atoms with van der Waals surface area (Å²) in [5.74, 6) is 0.644. The van der Waals surface area contributed by atoms with E-state index in [9.17, 15) is 4.79 Å². The molecule has 0 spiro atoms. The summed E-state index contributed by atoms with van der Waals surface area (Å²) in [7, 11) is 5.66. The number of amides is 1. The molecule has 1 saturated heterocycles. The highest BCUT2D eigenvalue weighted by Gasteiger charge is 2.29. The zero-order valence-electron chi connectivity index (χ0n) is 14.1. The number of nitrogens with zero attached hydrogens (tertiary/aromatic N) is 2. The van der Waals surface area contributed by atoms with E-state index in [0.717, 1.165) is 38.9 Å². The number of hydrogen-bond acceptors (Lipinski definition) is 5. The summed E-state index contributed by atoms with van der Waals surface area (Å²) in [4.78, 5) is 15.9. The standard InChI is InChI=1S/C16H30N2O4/c1-17-9-13(10-17)11-21-12-16(19)18(2)5-4-6-22-15-7-14(8-15)20-3/h13-15H,4-12H2,1-3H3. The Morgan fingerprint density at radius 3 is 2.64 bits per heavy atom. The molecule has 1 amide bonds. The van der Waals surface area contributed by atoms with Crippen LogP contribution in [0.15, 0.2) is 0 Å². The lowest BCUT2D eigenvalue weighted by Gasteiger charge is -2.35. The van der Waals surface area contributed by atoms with Gasteiger partial charge in [-0.15, -0.1) is 0 Å². The first-order valence-electron chi connectivity index (χ1n) is 8.23. The second-order valence-electron chi connectivity index (χ2n) is 6.59. The molecule has 2 rings (SSSR count). The van der Waals surface area contributed by atoms with Gasteiger partial charge in [-0.1, -0.05) is 0 Å². The highest BCUT2D eigenvalue weighted by molar-refractivity contribution is 5.77. The zero-order valence-corrected chi connectivity index (χ0v) is 14.1. The molecule has 0 radical (unpaired) electrons. The Balaban J connectivity index is 1.42. The Kier molecular flexibility index (Phi) is 7.08. The van der Waals surface area contributed by atoms with Crippen molar-refractivity contribution in [1.29, 1.82) is 0 Å². The van der Waals surface area contributed by atoms with Crippen molar-refractivity contribution >= 4 is 5.91 Å². The van der Waals surface area contributed by atoms with E-state index < -0.39 is 0 Å². The molecule has 0 N–H and O–H groups in total. The summed E-state index contributed by atoms with van der Waals surface area (Å²) in [5.41, 5.74) is 0. The van der Waals surface area contributed by atoms with Crippen molar-refractivity contribution in [3.05, 3.63) is 0 Å². The molecule has 6 nitrogen and oxygen atoms in total. The minimum Gasteiger partial charge on any atom is -0.381 e. The molecule has 0 aromatic carbocycles. The van der Waals surface area contributed by atoms with Gasteiger partial charge in [0.05, 0.1) is 18.8 Å². The minimum absolute atomic E-state index is 0.0516. The fraction of sp³-hybridized carbons (Fsp3) is 0.938. The molecule has 0 bridgehead atoms. The summed E-state index contributed by atoms with van der Waals surface area (Å²) in [6.07, 6.45) is 3.58. The van der Waals surface area contributed by atoms with Gasteiger partial charge >= 0.3 is 0 Å². The molecule has 0 unspecified atom stereocenters. The van der Waals surface area contributed by atoms with Crippen LogP contribution in [0.25, 0.3) is 0 Å². The van der Waals surface area contributed by atoms with Crippen LogP contribution in [0.1, 0.15) is 19.3 Å². The predicted molar refractivity (Wildman–Crippen MR) is 83.8 cm³/mol. The van der Waals surface area contributed by atoms with Crippen LogP contribution in [-0.4, -0.2) is 88.6 Å². The first-order chi connectivity index (χ1) is 10.6. The van der Waals surface area contributed by atoms with Crippen LogP contribution in [-0.2, 0) is 19.0 Å². The predicted octanol–water partition coefficient (Wildman–Crippen LogP) is 0.607. The maximum Gasteiger partial charge on any atom is 0.248 e. The molecule has 1 heterocycles. The summed E-state index contributed by atoms with van der Waals surface area (Å²) >= 11 is 0. The number of likely N-dealkylation sites (N-methyl/N-ethyl adjacent to an activating group) is 1. The van der Waals surface area contributed by atoms with Crippen LogP contribution in [0.5, 0.6) is 0 Å². The van der Waals surface area contributed by atoms with Crippen molar-refractivity contribution < 1.29 is 19.0 Å². The van der Waals surface area contributed by atoms with Gasteiger partial charge in [-0.05, 0) is 26.3 Å². The molecule has 1 aliphatic heterocycles. The Bertz CT molecular complexity index is 341. The molecule has 1 aliphatic carbocycles.